The van der Waals surface area contributed by atoms with Crippen LogP contribution in [0.2, 0.25) is 5.15 Å². The van der Waals surface area contributed by atoms with Crippen LogP contribution in [-0.4, -0.2) is 93.8 Å². The van der Waals surface area contributed by atoms with E-state index in [1.165, 1.54) is 26.1 Å². The van der Waals surface area contributed by atoms with Gasteiger partial charge in [0.15, 0.2) is 23.0 Å². The molecule has 0 aromatic carbocycles. The number of methoxy groups -OCH3 is 1. The number of anilines is 1. The first-order valence-electron chi connectivity index (χ1n) is 11.2. The lowest BCUT2D eigenvalue weighted by molar-refractivity contribution is -0.153. The average Bonchev–Trinajstić information content (AvgIpc) is 2.79. The number of halogens is 4. The van der Waals surface area contributed by atoms with Crippen LogP contribution < -0.4 is 11.1 Å². The van der Waals surface area contributed by atoms with Crippen LogP contribution in [0.5, 0.6) is 5.75 Å². The molecule has 7 N–H and O–H groups in total. The maximum absolute atomic E-state index is 13.8. The molecule has 0 aliphatic heterocycles. The Morgan fingerprint density at radius 3 is 2.38 bits per heavy atom. The summed E-state index contributed by atoms with van der Waals surface area (Å²) in [5.74, 6) is -7.37. The van der Waals surface area contributed by atoms with Gasteiger partial charge in [0, 0.05) is 30.7 Å². The van der Waals surface area contributed by atoms with Gasteiger partial charge in [-0.1, -0.05) is 11.6 Å². The molecule has 218 valence electrons. The number of fused-ring (bicyclic) bond motifs is 3. The highest BCUT2D eigenvalue weighted by atomic mass is 35.5. The molecule has 1 fully saturated rings. The molecule has 1 heterocycles. The highest BCUT2D eigenvalue weighted by Crippen LogP contribution is 2.53. The molecule has 0 unspecified atom stereocenters. The summed E-state index contributed by atoms with van der Waals surface area (Å²) in [5.41, 5.74) is 1.64. The van der Waals surface area contributed by atoms with Crippen LogP contribution in [0, 0.1) is 11.8 Å². The third-order valence-corrected chi connectivity index (χ3v) is 7.45. The molecule has 1 saturated carbocycles. The lowest BCUT2D eigenvalue weighted by atomic mass is 9.57. The van der Waals surface area contributed by atoms with Crippen LogP contribution >= 0.6 is 48.8 Å². The van der Waals surface area contributed by atoms with Gasteiger partial charge in [-0.25, -0.2) is 4.98 Å². The number of aliphatic hydroxyl groups excluding tert-OH is 2. The first-order valence-corrected chi connectivity index (χ1v) is 11.5. The first-order chi connectivity index (χ1) is 16.9. The van der Waals surface area contributed by atoms with Gasteiger partial charge >= 0.3 is 0 Å². The lowest BCUT2D eigenvalue weighted by Crippen LogP contribution is -2.65. The molecule has 0 radical (unpaired) electrons. The largest absolute Gasteiger partial charge is 0.508 e. The van der Waals surface area contributed by atoms with E-state index < -0.39 is 63.8 Å². The Kier molecular flexibility index (Phi) is 11.1. The van der Waals surface area contributed by atoms with Crippen molar-refractivity contribution in [1.82, 2.24) is 9.88 Å². The van der Waals surface area contributed by atoms with Crippen LogP contribution in [0.1, 0.15) is 17.5 Å². The Morgan fingerprint density at radius 2 is 1.85 bits per heavy atom. The SMILES string of the molecule is COCCNc1nc(Cl)c2c(c1O)C(O)=C1C(=O)[C@]3(O)C(O)=C(C(N)=O)C(=O)[C@@H](N(C)C)[C@@H]3C[C@@H]1C2.Cl.Cl.Cl. The third kappa shape index (κ3) is 5.15. The Bertz CT molecular complexity index is 1250. The minimum atomic E-state index is -2.70. The number of Topliss-reactive ketones (excluding diaryl/α,β-unsaturated/α-hetero) is 2. The number of aromatic hydroxyl groups is 1. The maximum Gasteiger partial charge on any atom is 0.255 e. The van der Waals surface area contributed by atoms with E-state index in [9.17, 15) is 34.8 Å². The molecule has 39 heavy (non-hydrogen) atoms. The van der Waals surface area contributed by atoms with Gasteiger partial charge in [0.25, 0.3) is 5.91 Å². The second kappa shape index (κ2) is 12.5. The number of ketones is 2. The molecule has 1 aromatic heterocycles. The highest BCUT2D eigenvalue weighted by Gasteiger charge is 2.64. The zero-order chi connectivity index (χ0) is 26.7. The zero-order valence-electron chi connectivity index (χ0n) is 21.1. The monoisotopic (exact) mass is 630 g/mol. The number of hydrogen-bond acceptors (Lipinski definition) is 11. The Labute approximate surface area is 247 Å². The summed E-state index contributed by atoms with van der Waals surface area (Å²) in [6, 6.07) is -1.16. The van der Waals surface area contributed by atoms with Crippen molar-refractivity contribution in [3.63, 3.8) is 0 Å². The molecule has 4 atom stereocenters. The van der Waals surface area contributed by atoms with Gasteiger partial charge in [-0.3, -0.25) is 19.3 Å². The number of rotatable bonds is 6. The zero-order valence-corrected chi connectivity index (χ0v) is 24.3. The molecule has 0 saturated heterocycles. The average molecular weight is 632 g/mol. The number of likely N-dealkylation sites (N-methyl/N-ethyl adjacent to an activating group) is 1. The summed E-state index contributed by atoms with van der Waals surface area (Å²) < 4.78 is 4.96. The molecular formula is C23H30Cl4N4O8. The van der Waals surface area contributed by atoms with Crippen LogP contribution in [0.25, 0.3) is 5.76 Å². The molecule has 12 nitrogen and oxygen atoms in total. The fraction of sp³-hybridized carbons (Fsp3) is 0.478. The number of nitrogens with zero attached hydrogens (tertiary/aromatic N) is 2. The molecular weight excluding hydrogens is 602 g/mol. The summed E-state index contributed by atoms with van der Waals surface area (Å²) in [6.07, 6.45) is 0.0307. The normalized spacial score (nSPS) is 25.5. The molecule has 3 aliphatic rings. The van der Waals surface area contributed by atoms with Crippen LogP contribution in [-0.2, 0) is 25.5 Å². The van der Waals surface area contributed by atoms with E-state index in [4.69, 9.17) is 22.1 Å². The topological polar surface area (TPSA) is 196 Å². The number of nitrogens with two attached hydrogens (primary N) is 1. The number of carbonyl (C=O) groups is 3. The number of ether oxygens (including phenoxy) is 1. The smallest absolute Gasteiger partial charge is 0.255 e. The Balaban J connectivity index is 0.00000253. The van der Waals surface area contributed by atoms with E-state index >= 15 is 0 Å². The molecule has 4 rings (SSSR count). The molecule has 0 bridgehead atoms. The van der Waals surface area contributed by atoms with E-state index in [0.717, 1.165) is 0 Å². The predicted octanol–water partition coefficient (Wildman–Crippen LogP) is 1.34. The van der Waals surface area contributed by atoms with Gasteiger partial charge in [0.2, 0.25) is 5.78 Å². The van der Waals surface area contributed by atoms with Crippen LogP contribution in [0.4, 0.5) is 5.82 Å². The molecule has 3 aliphatic carbocycles. The van der Waals surface area contributed by atoms with E-state index in [2.05, 4.69) is 10.3 Å². The van der Waals surface area contributed by atoms with Gasteiger partial charge in [0.1, 0.15) is 22.2 Å². The second-order valence-electron chi connectivity index (χ2n) is 9.33. The van der Waals surface area contributed by atoms with Crippen molar-refractivity contribution in [2.24, 2.45) is 17.6 Å². The number of pyridine rings is 1. The van der Waals surface area contributed by atoms with Gasteiger partial charge in [-0.15, -0.1) is 37.2 Å². The number of carbonyl (C=O) groups excluding carboxylic acids is 3. The summed E-state index contributed by atoms with van der Waals surface area (Å²) in [7, 11) is 4.56. The molecule has 1 aromatic rings. The van der Waals surface area contributed by atoms with E-state index in [1.807, 2.05) is 0 Å². The van der Waals surface area contributed by atoms with Gasteiger partial charge in [0.05, 0.1) is 18.2 Å². The van der Waals surface area contributed by atoms with Crippen molar-refractivity contribution >= 4 is 77.9 Å². The minimum Gasteiger partial charge on any atom is -0.508 e. The van der Waals surface area contributed by atoms with Gasteiger partial charge in [-0.05, 0) is 32.9 Å². The number of primary amides is 1. The van der Waals surface area contributed by atoms with Crippen molar-refractivity contribution in [2.45, 2.75) is 24.5 Å². The quantitative estimate of drug-likeness (QED) is 0.151. The predicted molar refractivity (Wildman–Crippen MR) is 149 cm³/mol. The number of aliphatic hydroxyl groups is 3. The number of nitrogens with one attached hydrogen (secondary N) is 1. The van der Waals surface area contributed by atoms with Gasteiger partial charge in [-0.2, -0.15) is 0 Å². The van der Waals surface area contributed by atoms with Crippen molar-refractivity contribution in [1.29, 1.82) is 0 Å². The molecule has 1 amide bonds. The summed E-state index contributed by atoms with van der Waals surface area (Å²) >= 11 is 6.39. The van der Waals surface area contributed by atoms with Gasteiger partial charge < -0.3 is 36.2 Å². The summed E-state index contributed by atoms with van der Waals surface area (Å²) in [6.45, 7) is 0.554. The fourth-order valence-electron chi connectivity index (χ4n) is 5.55. The maximum atomic E-state index is 13.8. The number of aromatic nitrogens is 1. The standard InChI is InChI=1S/C23H27ClN4O8.3ClH/c1-28(2)14-10-7-8-6-9-12(17(31)22(27-20(9)24)26-4-5-36-3)15(29)11(8)18(32)23(10,35)19(33)13(16(14)30)21(25)34;;;/h8,10,14,29,31,33,35H,4-7H2,1-3H3,(H2,25,34)(H,26,27);3*1H/t8-,10-,14-,23-;;;/m0.../s1. The summed E-state index contributed by atoms with van der Waals surface area (Å²) in [4.78, 5) is 44.5. The highest BCUT2D eigenvalue weighted by molar-refractivity contribution is 6.31. The van der Waals surface area contributed by atoms with E-state index in [0.29, 0.717) is 0 Å². The fourth-order valence-corrected chi connectivity index (χ4v) is 5.81. The van der Waals surface area contributed by atoms with E-state index in [-0.39, 0.29) is 90.9 Å². The van der Waals surface area contributed by atoms with Crippen LogP contribution in [0.15, 0.2) is 16.9 Å². The van der Waals surface area contributed by atoms with Crippen molar-refractivity contribution in [2.75, 3.05) is 39.7 Å². The lowest BCUT2D eigenvalue weighted by Gasteiger charge is -2.50. The first kappa shape index (κ1) is 34.7. The third-order valence-electron chi connectivity index (χ3n) is 7.13. The Hall–Kier alpha value is -2.32. The van der Waals surface area contributed by atoms with E-state index in [1.54, 1.807) is 0 Å². The number of hydrogen-bond donors (Lipinski definition) is 6. The summed E-state index contributed by atoms with van der Waals surface area (Å²) in [5, 5.41) is 47.3. The number of amides is 1. The van der Waals surface area contributed by atoms with Crippen molar-refractivity contribution in [3.05, 3.63) is 33.2 Å². The van der Waals surface area contributed by atoms with Crippen molar-refractivity contribution in [3.8, 4) is 5.75 Å². The Morgan fingerprint density at radius 1 is 1.23 bits per heavy atom. The molecule has 16 heteroatoms. The second-order valence-corrected chi connectivity index (χ2v) is 9.69. The minimum absolute atomic E-state index is 0. The van der Waals surface area contributed by atoms with Crippen LogP contribution in [0.3, 0.4) is 0 Å². The van der Waals surface area contributed by atoms with Crippen molar-refractivity contribution < 1.29 is 39.5 Å². The molecule has 0 spiro atoms.